The normalized spacial score (nSPS) is 13.9. The first-order valence-electron chi connectivity index (χ1n) is 5.08. The maximum Gasteiger partial charge on any atom is 0.128 e. The number of rotatable bonds is 3. The van der Waals surface area contributed by atoms with Gasteiger partial charge in [0.25, 0.3) is 0 Å². The molecule has 0 aliphatic rings. The first kappa shape index (κ1) is 14.5. The zero-order valence-corrected chi connectivity index (χ0v) is 13.4. The smallest absolute Gasteiger partial charge is 0.128 e. The lowest BCUT2D eigenvalue weighted by molar-refractivity contribution is 0.340. The first-order valence-corrected chi connectivity index (χ1v) is 7.16. The van der Waals surface area contributed by atoms with Crippen molar-refractivity contribution in [3.63, 3.8) is 0 Å². The number of hydrogen-bond acceptors (Lipinski definition) is 0. The van der Waals surface area contributed by atoms with Crippen molar-refractivity contribution in [2.45, 2.75) is 32.0 Å². The third-order valence-electron chi connectivity index (χ3n) is 2.91. The molecule has 1 unspecified atom stereocenters. The fourth-order valence-corrected chi connectivity index (χ4v) is 2.49. The maximum atomic E-state index is 13.8. The lowest BCUT2D eigenvalue weighted by Crippen LogP contribution is -2.17. The third kappa shape index (κ3) is 2.99. The summed E-state index contributed by atoms with van der Waals surface area (Å²) in [6, 6.07) is 3.09. The Morgan fingerprint density at radius 1 is 1.44 bits per heavy atom. The molecule has 0 radical (unpaired) electrons. The largest absolute Gasteiger partial charge is 0.207 e. The number of alkyl halides is 1. The SMILES string of the molecule is CCC(C)(C)C(Br)c1cc(Cl)c(Br)cc1F. The van der Waals surface area contributed by atoms with Crippen molar-refractivity contribution in [1.29, 1.82) is 0 Å². The second-order valence-corrected chi connectivity index (χ2v) is 6.67. The molecule has 1 aromatic rings. The van der Waals surface area contributed by atoms with E-state index in [-0.39, 0.29) is 16.1 Å². The number of hydrogen-bond donors (Lipinski definition) is 0. The second kappa shape index (κ2) is 5.36. The van der Waals surface area contributed by atoms with Gasteiger partial charge < -0.3 is 0 Å². The van der Waals surface area contributed by atoms with E-state index in [9.17, 15) is 4.39 Å². The lowest BCUT2D eigenvalue weighted by atomic mass is 9.83. The van der Waals surface area contributed by atoms with Gasteiger partial charge in [0, 0.05) is 14.9 Å². The third-order valence-corrected chi connectivity index (χ3v) is 5.84. The van der Waals surface area contributed by atoms with E-state index in [4.69, 9.17) is 11.6 Å². The fraction of sp³-hybridized carbons (Fsp3) is 0.500. The molecule has 0 saturated carbocycles. The van der Waals surface area contributed by atoms with E-state index in [2.05, 4.69) is 52.6 Å². The summed E-state index contributed by atoms with van der Waals surface area (Å²) in [6.45, 7) is 6.29. The summed E-state index contributed by atoms with van der Waals surface area (Å²) >= 11 is 12.8. The van der Waals surface area contributed by atoms with Crippen LogP contribution in [0.15, 0.2) is 16.6 Å². The van der Waals surface area contributed by atoms with Crippen LogP contribution in [0.3, 0.4) is 0 Å². The average molecular weight is 373 g/mol. The average Bonchev–Trinajstić information content (AvgIpc) is 2.22. The second-order valence-electron chi connectivity index (χ2n) is 4.49. The molecule has 4 heteroatoms. The van der Waals surface area contributed by atoms with Crippen LogP contribution >= 0.6 is 43.5 Å². The van der Waals surface area contributed by atoms with Gasteiger partial charge in [-0.05, 0) is 39.9 Å². The van der Waals surface area contributed by atoms with E-state index < -0.39 is 0 Å². The molecule has 0 heterocycles. The van der Waals surface area contributed by atoms with Crippen LogP contribution in [0.2, 0.25) is 5.02 Å². The zero-order valence-electron chi connectivity index (χ0n) is 9.45. The molecule has 0 spiro atoms. The minimum absolute atomic E-state index is 0.0159. The molecule has 0 saturated heterocycles. The van der Waals surface area contributed by atoms with Crippen molar-refractivity contribution >= 4 is 43.5 Å². The Labute approximate surface area is 118 Å². The van der Waals surface area contributed by atoms with Crippen LogP contribution in [0, 0.1) is 11.2 Å². The quantitative estimate of drug-likeness (QED) is 0.443. The molecule has 0 aliphatic carbocycles. The van der Waals surface area contributed by atoms with Crippen LogP contribution in [0.1, 0.15) is 37.6 Å². The Morgan fingerprint density at radius 2 is 2.00 bits per heavy atom. The van der Waals surface area contributed by atoms with Crippen molar-refractivity contribution < 1.29 is 4.39 Å². The molecule has 1 rings (SSSR count). The Balaban J connectivity index is 3.19. The molecule has 0 aromatic heterocycles. The molecule has 0 N–H and O–H groups in total. The van der Waals surface area contributed by atoms with E-state index in [1.54, 1.807) is 6.07 Å². The number of benzene rings is 1. The van der Waals surface area contributed by atoms with Crippen LogP contribution in [-0.4, -0.2) is 0 Å². The van der Waals surface area contributed by atoms with Crippen molar-refractivity contribution in [2.75, 3.05) is 0 Å². The molecule has 0 nitrogen and oxygen atoms in total. The minimum Gasteiger partial charge on any atom is -0.207 e. The van der Waals surface area contributed by atoms with Crippen LogP contribution in [-0.2, 0) is 0 Å². The summed E-state index contributed by atoms with van der Waals surface area (Å²) in [5.41, 5.74) is 0.595. The van der Waals surface area contributed by atoms with Crippen molar-refractivity contribution in [3.8, 4) is 0 Å². The molecule has 0 fully saturated rings. The molecule has 16 heavy (non-hydrogen) atoms. The fourth-order valence-electron chi connectivity index (χ4n) is 1.33. The molecule has 1 aromatic carbocycles. The van der Waals surface area contributed by atoms with E-state index in [1.807, 2.05) is 0 Å². The van der Waals surface area contributed by atoms with Gasteiger partial charge in [0.15, 0.2) is 0 Å². The Hall–Kier alpha value is 0.400. The predicted octanol–water partition coefficient (Wildman–Crippen LogP) is 6.11. The molecule has 90 valence electrons. The minimum atomic E-state index is -0.236. The monoisotopic (exact) mass is 370 g/mol. The highest BCUT2D eigenvalue weighted by Gasteiger charge is 2.29. The highest BCUT2D eigenvalue weighted by molar-refractivity contribution is 9.10. The summed E-state index contributed by atoms with van der Waals surface area (Å²) < 4.78 is 14.4. The molecular formula is C12H14Br2ClF. The summed E-state index contributed by atoms with van der Waals surface area (Å²) in [7, 11) is 0. The zero-order chi connectivity index (χ0) is 12.5. The Kier molecular flexibility index (Phi) is 4.85. The summed E-state index contributed by atoms with van der Waals surface area (Å²) in [5.74, 6) is -0.236. The predicted molar refractivity (Wildman–Crippen MR) is 74.9 cm³/mol. The van der Waals surface area contributed by atoms with Gasteiger partial charge in [0.05, 0.1) is 5.02 Å². The molecule has 0 amide bonds. The standard InChI is InChI=1S/C12H14Br2ClF/c1-4-12(2,3)11(14)7-5-9(15)8(13)6-10(7)16/h5-6,11H,4H2,1-3H3. The van der Waals surface area contributed by atoms with Gasteiger partial charge in [-0.25, -0.2) is 4.39 Å². The highest BCUT2D eigenvalue weighted by atomic mass is 79.9. The van der Waals surface area contributed by atoms with Gasteiger partial charge in [-0.1, -0.05) is 48.3 Å². The molecule has 1 atom stereocenters. The van der Waals surface area contributed by atoms with Gasteiger partial charge in [0.2, 0.25) is 0 Å². The van der Waals surface area contributed by atoms with Crippen LogP contribution in [0.5, 0.6) is 0 Å². The summed E-state index contributed by atoms with van der Waals surface area (Å²) in [4.78, 5) is -0.0457. The van der Waals surface area contributed by atoms with Crippen molar-refractivity contribution in [2.24, 2.45) is 5.41 Å². The van der Waals surface area contributed by atoms with Crippen molar-refractivity contribution in [3.05, 3.63) is 33.0 Å². The van der Waals surface area contributed by atoms with Gasteiger partial charge in [-0.3, -0.25) is 0 Å². The topological polar surface area (TPSA) is 0 Å². The summed E-state index contributed by atoms with van der Waals surface area (Å²) in [5, 5.41) is 0.535. The van der Waals surface area contributed by atoms with Crippen LogP contribution in [0.4, 0.5) is 4.39 Å². The van der Waals surface area contributed by atoms with Crippen LogP contribution in [0.25, 0.3) is 0 Å². The van der Waals surface area contributed by atoms with Gasteiger partial charge in [0.1, 0.15) is 5.82 Å². The Morgan fingerprint density at radius 3 is 2.50 bits per heavy atom. The summed E-state index contributed by atoms with van der Waals surface area (Å²) in [6.07, 6.45) is 0.954. The Bertz CT molecular complexity index is 391. The number of halogens is 4. The van der Waals surface area contributed by atoms with Crippen LogP contribution < -0.4 is 0 Å². The van der Waals surface area contributed by atoms with E-state index in [1.165, 1.54) is 6.07 Å². The molecule has 0 aliphatic heterocycles. The molecule has 0 bridgehead atoms. The van der Waals surface area contributed by atoms with E-state index in [0.717, 1.165) is 6.42 Å². The van der Waals surface area contributed by atoms with Gasteiger partial charge >= 0.3 is 0 Å². The maximum absolute atomic E-state index is 13.8. The van der Waals surface area contributed by atoms with Gasteiger partial charge in [-0.2, -0.15) is 0 Å². The van der Waals surface area contributed by atoms with E-state index >= 15 is 0 Å². The highest BCUT2D eigenvalue weighted by Crippen LogP contribution is 2.45. The van der Waals surface area contributed by atoms with Crippen molar-refractivity contribution in [1.82, 2.24) is 0 Å². The molecular weight excluding hydrogens is 358 g/mol. The first-order chi connectivity index (χ1) is 7.29. The van der Waals surface area contributed by atoms with E-state index in [0.29, 0.717) is 15.1 Å². The van der Waals surface area contributed by atoms with Gasteiger partial charge in [-0.15, -0.1) is 0 Å². The lowest BCUT2D eigenvalue weighted by Gasteiger charge is -2.29.